The van der Waals surface area contributed by atoms with Gasteiger partial charge < -0.3 is 85.3 Å². The Kier molecular flexibility index (Phi) is 16.2. The minimum absolute atomic E-state index is 0.0660. The molecule has 0 spiro atoms. The van der Waals surface area contributed by atoms with Crippen molar-refractivity contribution in [2.45, 2.75) is 118 Å². The third-order valence-electron chi connectivity index (χ3n) is 9.71. The van der Waals surface area contributed by atoms with E-state index < -0.39 is 123 Å². The van der Waals surface area contributed by atoms with Crippen LogP contribution in [0, 0.1) is 0 Å². The van der Waals surface area contributed by atoms with Gasteiger partial charge in [0.15, 0.2) is 19.0 Å². The smallest absolute Gasteiger partial charge is 0.445 e. The first-order valence-electron chi connectivity index (χ1n) is 18.3. The molecule has 0 aromatic heterocycles. The summed E-state index contributed by atoms with van der Waals surface area (Å²) >= 11 is 0. The summed E-state index contributed by atoms with van der Waals surface area (Å²) in [5, 5.41) is 80.4. The second-order valence-corrected chi connectivity index (χ2v) is 13.9. The van der Waals surface area contributed by atoms with Crippen LogP contribution in [0.2, 0.25) is 0 Å². The number of halogens is 3. The summed E-state index contributed by atoms with van der Waals surface area (Å²) in [5.41, 5.74) is 7.70. The number of ether oxygens (including phenoxy) is 7. The van der Waals surface area contributed by atoms with Gasteiger partial charge in [0.2, 0.25) is 0 Å². The fourth-order valence-electron chi connectivity index (χ4n) is 6.64. The van der Waals surface area contributed by atoms with Gasteiger partial charge in [0.1, 0.15) is 80.3 Å². The number of benzene rings is 2. The molecule has 2 heterocycles. The fraction of sp³-hybridized carbons (Fsp3) is 0.583. The van der Waals surface area contributed by atoms with Crippen molar-refractivity contribution in [1.82, 2.24) is 10.6 Å². The van der Waals surface area contributed by atoms with E-state index in [9.17, 15) is 58.5 Å². The number of nitrogens with one attached hydrogen (secondary N) is 2. The molecule has 2 aromatic rings. The van der Waals surface area contributed by atoms with Gasteiger partial charge in [0, 0.05) is 12.6 Å². The lowest BCUT2D eigenvalue weighted by molar-refractivity contribution is -0.333. The van der Waals surface area contributed by atoms with Gasteiger partial charge >= 0.3 is 18.5 Å². The van der Waals surface area contributed by atoms with Crippen LogP contribution in [0.4, 0.5) is 22.8 Å². The van der Waals surface area contributed by atoms with Crippen molar-refractivity contribution < 1.29 is 91.7 Å². The van der Waals surface area contributed by atoms with Crippen LogP contribution in [0.25, 0.3) is 0 Å². The van der Waals surface area contributed by atoms with Gasteiger partial charge in [0.05, 0.1) is 12.6 Å². The lowest BCUT2D eigenvalue weighted by Crippen LogP contribution is -2.68. The topological polar surface area (TPSA) is 303 Å². The molecule has 0 radical (unpaired) electrons. The third-order valence-corrected chi connectivity index (χ3v) is 9.71. The summed E-state index contributed by atoms with van der Waals surface area (Å²) in [6, 6.07) is 12.9. The van der Waals surface area contributed by atoms with Crippen molar-refractivity contribution in [3.05, 3.63) is 71.8 Å². The van der Waals surface area contributed by atoms with Crippen LogP contribution in [-0.4, -0.2) is 166 Å². The Labute approximate surface area is 334 Å². The monoisotopic (exact) mass is 848 g/mol. The molecule has 6 unspecified atom stereocenters. The summed E-state index contributed by atoms with van der Waals surface area (Å²) in [6.07, 6.45) is -29.1. The molecular formula is C36H47F3N4O16. The molecule has 2 saturated heterocycles. The van der Waals surface area contributed by atoms with Crippen molar-refractivity contribution in [3.63, 3.8) is 0 Å². The number of nitrogens with zero attached hydrogens (tertiary/aromatic N) is 1. The molecule has 3 fully saturated rings. The highest BCUT2D eigenvalue weighted by molar-refractivity contribution is 5.68. The van der Waals surface area contributed by atoms with Crippen LogP contribution >= 0.6 is 0 Å². The Balaban J connectivity index is 1.32. The summed E-state index contributed by atoms with van der Waals surface area (Å²) < 4.78 is 74.8. The first-order chi connectivity index (χ1) is 28.1. The number of nitrogens with two attached hydrogens (primary N) is 1. The average molecular weight is 849 g/mol. The highest BCUT2D eigenvalue weighted by atomic mass is 19.4. The summed E-state index contributed by atoms with van der Waals surface area (Å²) in [6.45, 7) is -1.66. The molecule has 1 aliphatic carbocycles. The average Bonchev–Trinajstić information content (AvgIpc) is 3.21. The lowest BCUT2D eigenvalue weighted by Gasteiger charge is -2.48. The Bertz CT molecular complexity index is 1650. The number of aliphatic imine (C=N–C) groups is 1. The number of hydrogen-bond acceptors (Lipinski definition) is 18. The summed E-state index contributed by atoms with van der Waals surface area (Å²) in [7, 11) is 0. The van der Waals surface area contributed by atoms with E-state index in [-0.39, 0.29) is 26.0 Å². The largest absolute Gasteiger partial charge is 0.573 e. The van der Waals surface area contributed by atoms with Crippen LogP contribution in [-0.2, 0) is 46.4 Å². The minimum Gasteiger partial charge on any atom is -0.445 e. The van der Waals surface area contributed by atoms with E-state index in [1.165, 1.54) is 0 Å². The zero-order valence-electron chi connectivity index (χ0n) is 31.0. The zero-order chi connectivity index (χ0) is 42.9. The van der Waals surface area contributed by atoms with Crippen molar-refractivity contribution in [1.29, 1.82) is 0 Å². The van der Waals surface area contributed by atoms with Gasteiger partial charge in [-0.25, -0.2) is 14.6 Å². The number of aliphatic hydroxyl groups is 7. The van der Waals surface area contributed by atoms with Gasteiger partial charge in [0.25, 0.3) is 0 Å². The number of aliphatic hydroxyl groups excluding tert-OH is 7. The highest BCUT2D eigenvalue weighted by Gasteiger charge is 2.53. The number of hydrogen-bond donors (Lipinski definition) is 10. The molecule has 1 saturated carbocycles. The zero-order valence-corrected chi connectivity index (χ0v) is 31.0. The molecule has 0 bridgehead atoms. The highest BCUT2D eigenvalue weighted by Crippen LogP contribution is 2.33. The molecule has 2 aromatic carbocycles. The standard InChI is InChI=1S/C36H47F3N4O16/c37-36(38,39)55-16-42-23-24(45)22(13-44)57-32(26(23)47)58-30-19(40)11-20(43-35(52)54-15-18-9-5-2-6-10-18)31(29(30)50)59-33-28(49)27(48)25(46)21(56-33)12-41-34(51)53-14-17-7-3-1-4-8-17/h1-10,16,19-33,44-50H,11-15,40H2,(H,41,51)(H,43,52)/t19-,20?,21?,22-,23?,24-,25-,26-,27+,28?,29?,30-,31-,32?,33-/m1/s1. The number of amides is 2. The van der Waals surface area contributed by atoms with E-state index in [1.54, 1.807) is 60.7 Å². The summed E-state index contributed by atoms with van der Waals surface area (Å²) in [4.78, 5) is 28.9. The molecular weight excluding hydrogens is 801 g/mol. The van der Waals surface area contributed by atoms with Crippen molar-refractivity contribution >= 4 is 18.6 Å². The molecule has 20 nitrogen and oxygen atoms in total. The maximum Gasteiger partial charge on any atom is 0.573 e. The summed E-state index contributed by atoms with van der Waals surface area (Å²) in [5.74, 6) is 0. The Hall–Kier alpha value is -4.24. The third kappa shape index (κ3) is 12.4. The molecule has 23 heteroatoms. The molecule has 11 N–H and O–H groups in total. The number of rotatable bonds is 14. The van der Waals surface area contributed by atoms with Gasteiger partial charge in [-0.3, -0.25) is 0 Å². The quantitative estimate of drug-likeness (QED) is 0.0745. The first kappa shape index (κ1) is 45.8. The Morgan fingerprint density at radius 2 is 1.32 bits per heavy atom. The van der Waals surface area contributed by atoms with Gasteiger partial charge in [-0.05, 0) is 17.5 Å². The number of alkyl halides is 3. The van der Waals surface area contributed by atoms with Crippen molar-refractivity contribution in [2.75, 3.05) is 13.2 Å². The van der Waals surface area contributed by atoms with E-state index in [4.69, 9.17) is 34.2 Å². The SMILES string of the molecule is N[C@@H]1CC(NC(=O)OCc2ccccc2)[C@@H](O[C@H]2OC(CNC(=O)OCc3ccccc3)[C@@H](O)[C@H](O)C2O)C(O)[C@@H]1OC1O[C@H](CO)[C@@H](O)C(N=COC(F)(F)F)[C@H]1O. The van der Waals surface area contributed by atoms with E-state index in [0.29, 0.717) is 11.1 Å². The predicted molar refractivity (Wildman–Crippen MR) is 190 cm³/mol. The normalized spacial score (nSPS) is 35.1. The maximum atomic E-state index is 13.0. The Morgan fingerprint density at radius 3 is 1.92 bits per heavy atom. The van der Waals surface area contributed by atoms with E-state index in [1.807, 2.05) is 0 Å². The molecule has 59 heavy (non-hydrogen) atoms. The van der Waals surface area contributed by atoms with Crippen LogP contribution in [0.3, 0.4) is 0 Å². The minimum atomic E-state index is -5.15. The first-order valence-corrected chi connectivity index (χ1v) is 18.3. The van der Waals surface area contributed by atoms with E-state index in [0.717, 1.165) is 0 Å². The molecule has 2 aliphatic heterocycles. The molecule has 3 aliphatic rings. The van der Waals surface area contributed by atoms with Crippen LogP contribution in [0.5, 0.6) is 0 Å². The van der Waals surface area contributed by atoms with Gasteiger partial charge in [-0.2, -0.15) is 0 Å². The van der Waals surface area contributed by atoms with Crippen LogP contribution in [0.1, 0.15) is 17.5 Å². The molecule has 328 valence electrons. The molecule has 2 amide bonds. The second-order valence-electron chi connectivity index (χ2n) is 13.9. The molecule has 5 rings (SSSR count). The second kappa shape index (κ2) is 20.8. The van der Waals surface area contributed by atoms with Gasteiger partial charge in [-0.1, -0.05) is 60.7 Å². The predicted octanol–water partition coefficient (Wildman–Crippen LogP) is -1.75. The van der Waals surface area contributed by atoms with E-state index in [2.05, 4.69) is 20.4 Å². The Morgan fingerprint density at radius 1 is 0.763 bits per heavy atom. The van der Waals surface area contributed by atoms with Crippen LogP contribution in [0.15, 0.2) is 65.7 Å². The fourth-order valence-corrected chi connectivity index (χ4v) is 6.64. The molecule has 15 atom stereocenters. The van der Waals surface area contributed by atoms with Crippen LogP contribution < -0.4 is 16.4 Å². The number of carbonyl (C=O) groups is 2. The van der Waals surface area contributed by atoms with Gasteiger partial charge in [-0.15, -0.1) is 13.2 Å². The van der Waals surface area contributed by atoms with Crippen molar-refractivity contribution in [2.24, 2.45) is 10.7 Å². The lowest BCUT2D eigenvalue weighted by atomic mass is 9.83. The van der Waals surface area contributed by atoms with E-state index >= 15 is 0 Å². The number of carbonyl (C=O) groups excluding carboxylic acids is 2. The number of alkyl carbamates (subject to hydrolysis) is 2. The maximum absolute atomic E-state index is 13.0. The van der Waals surface area contributed by atoms with Crippen molar-refractivity contribution in [3.8, 4) is 0 Å².